The Kier molecular flexibility index (Phi) is 19.4. The Morgan fingerprint density at radius 1 is 0.915 bits per heavy atom. The van der Waals surface area contributed by atoms with Crippen molar-refractivity contribution < 1.29 is 37.7 Å². The van der Waals surface area contributed by atoms with Crippen LogP contribution in [0.25, 0.3) is 0 Å². The third-order valence-electron chi connectivity index (χ3n) is 11.4. The highest BCUT2D eigenvalue weighted by atomic mass is 32.2. The van der Waals surface area contributed by atoms with Gasteiger partial charge < -0.3 is 35.6 Å². The number of benzene rings is 2. The number of likely N-dealkylation sites (N-methyl/N-ethyl adjacent to an activating group) is 2. The Bertz CT molecular complexity index is 1710. The highest BCUT2D eigenvalue weighted by Gasteiger charge is 2.42. The molecule has 15 nitrogen and oxygen atoms in total. The summed E-state index contributed by atoms with van der Waals surface area (Å²) in [5.74, 6) is -2.62. The van der Waals surface area contributed by atoms with Crippen molar-refractivity contribution in [3.8, 4) is 0 Å². The van der Waals surface area contributed by atoms with Crippen LogP contribution in [-0.2, 0) is 50.9 Å². The molecule has 0 aliphatic carbocycles. The minimum atomic E-state index is -1.90. The fraction of sp³-hybridized carbons (Fsp3) is 0.605. The summed E-state index contributed by atoms with van der Waals surface area (Å²) >= 11 is 0. The number of methoxy groups -OCH3 is 2. The molecule has 0 spiro atoms. The lowest BCUT2D eigenvalue weighted by molar-refractivity contribution is -0.146. The van der Waals surface area contributed by atoms with Crippen molar-refractivity contribution in [3.63, 3.8) is 0 Å². The predicted octanol–water partition coefficient (Wildman–Crippen LogP) is 2.76. The number of nitrogens with one attached hydrogen (secondary N) is 3. The molecule has 0 radical (unpaired) electrons. The van der Waals surface area contributed by atoms with Gasteiger partial charge in [0.05, 0.1) is 54.1 Å². The first-order valence-corrected chi connectivity index (χ1v) is 21.6. The van der Waals surface area contributed by atoms with Crippen LogP contribution >= 0.6 is 0 Å². The first kappa shape index (κ1) is 49.0. The van der Waals surface area contributed by atoms with Crippen LogP contribution in [-0.4, -0.2) is 133 Å². The fourth-order valence-electron chi connectivity index (χ4n) is 8.03. The summed E-state index contributed by atoms with van der Waals surface area (Å²) in [6, 6.07) is 13.1. The van der Waals surface area contributed by atoms with Crippen molar-refractivity contribution in [3.05, 3.63) is 60.2 Å². The second-order valence-electron chi connectivity index (χ2n) is 16.1. The Balaban J connectivity index is 1.76. The predicted molar refractivity (Wildman–Crippen MR) is 229 cm³/mol. The molecule has 3 rings (SSSR count). The van der Waals surface area contributed by atoms with Crippen molar-refractivity contribution in [1.29, 1.82) is 0 Å². The number of carbonyl (C=O) groups is 5. The van der Waals surface area contributed by atoms with E-state index < -0.39 is 65.1 Å². The number of rotatable bonds is 22. The van der Waals surface area contributed by atoms with E-state index in [-0.39, 0.29) is 48.9 Å². The van der Waals surface area contributed by atoms with Gasteiger partial charge >= 0.3 is 0 Å². The molecule has 0 aromatic heterocycles. The van der Waals surface area contributed by atoms with E-state index in [0.717, 1.165) is 5.56 Å². The van der Waals surface area contributed by atoms with E-state index in [1.165, 1.54) is 14.2 Å². The molecule has 0 bridgehead atoms. The number of hydrogen-bond donors (Lipinski definition) is 4. The van der Waals surface area contributed by atoms with Crippen molar-refractivity contribution in [1.82, 2.24) is 30.1 Å². The average Bonchev–Trinajstić information content (AvgIpc) is 3.69. The van der Waals surface area contributed by atoms with Gasteiger partial charge in [-0.15, -0.1) is 0 Å². The first-order chi connectivity index (χ1) is 27.9. The summed E-state index contributed by atoms with van der Waals surface area (Å²) in [5, 5.41) is 5.67. The van der Waals surface area contributed by atoms with Gasteiger partial charge in [0.1, 0.15) is 6.04 Å². The molecule has 5 N–H and O–H groups in total. The molecule has 1 fully saturated rings. The van der Waals surface area contributed by atoms with E-state index in [1.54, 1.807) is 48.0 Å². The molecule has 1 saturated heterocycles. The van der Waals surface area contributed by atoms with Crippen LogP contribution in [0.3, 0.4) is 0 Å². The molecule has 9 atom stereocenters. The summed E-state index contributed by atoms with van der Waals surface area (Å²) in [6.45, 7) is 9.87. The lowest BCUT2D eigenvalue weighted by Gasteiger charge is -2.39. The van der Waals surface area contributed by atoms with Crippen molar-refractivity contribution in [2.75, 3.05) is 54.2 Å². The van der Waals surface area contributed by atoms with Gasteiger partial charge in [0, 0.05) is 39.9 Å². The van der Waals surface area contributed by atoms with Gasteiger partial charge in [-0.05, 0) is 68.6 Å². The Hall–Kier alpha value is -4.38. The van der Waals surface area contributed by atoms with Gasteiger partial charge in [-0.2, -0.15) is 0 Å². The molecule has 2 aromatic carbocycles. The number of ether oxygens (including phenoxy) is 2. The molecule has 1 heterocycles. The van der Waals surface area contributed by atoms with Crippen LogP contribution < -0.4 is 21.1 Å². The number of anilines is 1. The lowest BCUT2D eigenvalue weighted by Crippen LogP contribution is -2.55. The molecule has 16 heteroatoms. The maximum atomic E-state index is 14.2. The maximum Gasteiger partial charge on any atom is 0.254 e. The number of likely N-dealkylation sites (tertiary alicyclic amines) is 1. The number of amides is 5. The highest BCUT2D eigenvalue weighted by molar-refractivity contribution is 7.83. The topological polar surface area (TPSA) is 193 Å². The standard InChI is InChI=1S/C43H67N7O8S/c1-11-28(4)39(49(8)37(52)26-45-43(55)38(27(2)3)48(6)7)35(57-9)25-36(51)50-23-15-18-34(50)40(58-10)29(5)41(53)46-33(24-30-16-13-12-14-17-30)42(54)47-59(56)32-21-19-31(44)20-22-32/h12-14,16-17,19-22,27-29,33-35,38-40H,11,15,18,23-26,44H2,1-10H3,(H,45,55)(H,46,53)(H,47,54). The van der Waals surface area contributed by atoms with E-state index in [9.17, 15) is 28.2 Å². The Morgan fingerprint density at radius 3 is 2.12 bits per heavy atom. The van der Waals surface area contributed by atoms with Crippen LogP contribution in [0, 0.1) is 17.8 Å². The van der Waals surface area contributed by atoms with Gasteiger partial charge in [-0.1, -0.05) is 71.4 Å². The third kappa shape index (κ3) is 13.6. The summed E-state index contributed by atoms with van der Waals surface area (Å²) in [7, 11) is 6.45. The van der Waals surface area contributed by atoms with Crippen LogP contribution in [0.4, 0.5) is 5.69 Å². The van der Waals surface area contributed by atoms with E-state index in [4.69, 9.17) is 15.2 Å². The molecule has 2 aromatic rings. The third-order valence-corrected chi connectivity index (χ3v) is 12.5. The molecule has 1 aliphatic heterocycles. The fourth-order valence-corrected chi connectivity index (χ4v) is 8.85. The average molecular weight is 842 g/mol. The first-order valence-electron chi connectivity index (χ1n) is 20.4. The molecular weight excluding hydrogens is 775 g/mol. The van der Waals surface area contributed by atoms with Crippen LogP contribution in [0.5, 0.6) is 0 Å². The van der Waals surface area contributed by atoms with Crippen LogP contribution in [0.15, 0.2) is 59.5 Å². The number of carbonyl (C=O) groups excluding carboxylic acids is 5. The van der Waals surface area contributed by atoms with Gasteiger partial charge in [0.15, 0.2) is 11.0 Å². The molecule has 5 amide bonds. The molecule has 59 heavy (non-hydrogen) atoms. The maximum absolute atomic E-state index is 14.2. The zero-order chi connectivity index (χ0) is 44.0. The molecule has 0 saturated carbocycles. The van der Waals surface area contributed by atoms with Crippen molar-refractivity contribution in [2.45, 2.75) is 108 Å². The second-order valence-corrected chi connectivity index (χ2v) is 17.3. The minimum Gasteiger partial charge on any atom is -0.399 e. The number of nitrogens with two attached hydrogens (primary N) is 1. The molecule has 328 valence electrons. The van der Waals surface area contributed by atoms with E-state index in [0.29, 0.717) is 36.4 Å². The zero-order valence-electron chi connectivity index (χ0n) is 36.4. The molecule has 1 aliphatic rings. The van der Waals surface area contributed by atoms with Crippen LogP contribution in [0.2, 0.25) is 0 Å². The monoisotopic (exact) mass is 841 g/mol. The SMILES string of the molecule is CCC(C)C(C(CC(=O)N1CCCC1C(OC)C(C)C(=O)NC(Cc1ccccc1)C(=O)NS(=O)c1ccc(N)cc1)OC)N(C)C(=O)CNC(=O)C(C(C)C)N(C)C. The van der Waals surface area contributed by atoms with Gasteiger partial charge in [0.2, 0.25) is 23.6 Å². The minimum absolute atomic E-state index is 0.0243. The van der Waals surface area contributed by atoms with Gasteiger partial charge in [-0.25, -0.2) is 4.21 Å². The van der Waals surface area contributed by atoms with E-state index >= 15 is 0 Å². The largest absolute Gasteiger partial charge is 0.399 e. The molecule has 9 unspecified atom stereocenters. The van der Waals surface area contributed by atoms with Gasteiger partial charge in [0.25, 0.3) is 5.91 Å². The number of nitrogens with zero attached hydrogens (tertiary/aromatic N) is 3. The summed E-state index contributed by atoms with van der Waals surface area (Å²) in [4.78, 5) is 73.8. The highest BCUT2D eigenvalue weighted by Crippen LogP contribution is 2.29. The van der Waals surface area contributed by atoms with Crippen molar-refractivity contribution >= 4 is 46.2 Å². The van der Waals surface area contributed by atoms with Gasteiger partial charge in [-0.3, -0.25) is 33.6 Å². The summed E-state index contributed by atoms with van der Waals surface area (Å²) < 4.78 is 27.5. The van der Waals surface area contributed by atoms with Crippen LogP contribution in [0.1, 0.15) is 65.9 Å². The lowest BCUT2D eigenvalue weighted by atomic mass is 9.90. The summed E-state index contributed by atoms with van der Waals surface area (Å²) in [5.41, 5.74) is 7.05. The summed E-state index contributed by atoms with van der Waals surface area (Å²) in [6.07, 6.45) is 0.727. The van der Waals surface area contributed by atoms with Crippen molar-refractivity contribution in [2.24, 2.45) is 17.8 Å². The van der Waals surface area contributed by atoms with E-state index in [1.807, 2.05) is 77.0 Å². The normalized spacial score (nSPS) is 18.2. The van der Waals surface area contributed by atoms with E-state index in [2.05, 4.69) is 15.4 Å². The quantitative estimate of drug-likeness (QED) is 0.128. The number of hydrogen-bond acceptors (Lipinski definition) is 10. The number of nitrogen functional groups attached to an aromatic ring is 1. The molecular formula is C43H67N7O8S. The zero-order valence-corrected chi connectivity index (χ0v) is 37.3. The second kappa shape index (κ2) is 23.4. The Labute approximate surface area is 353 Å². The smallest absolute Gasteiger partial charge is 0.254 e. The Morgan fingerprint density at radius 2 is 1.56 bits per heavy atom.